The Kier molecular flexibility index (Phi) is 6.69. The molecule has 0 fully saturated rings. The second kappa shape index (κ2) is 8.97. The summed E-state index contributed by atoms with van der Waals surface area (Å²) in [5.41, 5.74) is 1.22. The molecule has 4 nitrogen and oxygen atoms in total. The van der Waals surface area contributed by atoms with Crippen LogP contribution in [0.4, 0.5) is 4.39 Å². The first kappa shape index (κ1) is 18.6. The predicted molar refractivity (Wildman–Crippen MR) is 95.5 cm³/mol. The Bertz CT molecular complexity index is 717. The van der Waals surface area contributed by atoms with E-state index in [4.69, 9.17) is 0 Å². The van der Waals surface area contributed by atoms with E-state index in [1.807, 2.05) is 30.3 Å². The Morgan fingerprint density at radius 3 is 2.40 bits per heavy atom. The molecule has 1 atom stereocenters. The van der Waals surface area contributed by atoms with Gasteiger partial charge in [0.15, 0.2) is 0 Å². The maximum Gasteiger partial charge on any atom is 0.251 e. The number of carbonyl (C=O) groups is 2. The standard InChI is InChI=1S/C20H23FN2O2/c1-14(2)11-18(15-7-4-3-5-8-15)23-19(24)13-22-20(25)16-9-6-10-17(21)12-16/h3-10,12,14,18H,11,13H2,1-2H3,(H,22,25)(H,23,24). The van der Waals surface area contributed by atoms with Crippen molar-refractivity contribution >= 4 is 11.8 Å². The predicted octanol–water partition coefficient (Wildman–Crippen LogP) is 3.46. The van der Waals surface area contributed by atoms with Gasteiger partial charge in [-0.25, -0.2) is 4.39 Å². The van der Waals surface area contributed by atoms with Crippen molar-refractivity contribution in [1.82, 2.24) is 10.6 Å². The van der Waals surface area contributed by atoms with Gasteiger partial charge in [-0.1, -0.05) is 50.2 Å². The minimum Gasteiger partial charge on any atom is -0.348 e. The maximum atomic E-state index is 13.1. The number of benzene rings is 2. The van der Waals surface area contributed by atoms with E-state index in [9.17, 15) is 14.0 Å². The second-order valence-electron chi connectivity index (χ2n) is 6.35. The number of hydrogen-bond donors (Lipinski definition) is 2. The van der Waals surface area contributed by atoms with Crippen molar-refractivity contribution in [3.05, 3.63) is 71.5 Å². The van der Waals surface area contributed by atoms with Crippen LogP contribution in [-0.4, -0.2) is 18.4 Å². The zero-order chi connectivity index (χ0) is 18.2. The van der Waals surface area contributed by atoms with Crippen LogP contribution < -0.4 is 10.6 Å². The molecule has 0 saturated carbocycles. The van der Waals surface area contributed by atoms with Crippen molar-refractivity contribution in [1.29, 1.82) is 0 Å². The van der Waals surface area contributed by atoms with E-state index < -0.39 is 11.7 Å². The summed E-state index contributed by atoms with van der Waals surface area (Å²) in [4.78, 5) is 24.2. The summed E-state index contributed by atoms with van der Waals surface area (Å²) >= 11 is 0. The van der Waals surface area contributed by atoms with Crippen LogP contribution in [0, 0.1) is 11.7 Å². The minimum atomic E-state index is -0.488. The van der Waals surface area contributed by atoms with E-state index in [0.717, 1.165) is 18.1 Å². The van der Waals surface area contributed by atoms with Crippen LogP contribution in [0.1, 0.15) is 42.2 Å². The van der Waals surface area contributed by atoms with Crippen LogP contribution >= 0.6 is 0 Å². The van der Waals surface area contributed by atoms with Crippen LogP contribution in [0.5, 0.6) is 0 Å². The number of carbonyl (C=O) groups excluding carboxylic acids is 2. The van der Waals surface area contributed by atoms with Crippen molar-refractivity contribution in [3.8, 4) is 0 Å². The Hall–Kier alpha value is -2.69. The van der Waals surface area contributed by atoms with E-state index in [1.165, 1.54) is 18.2 Å². The first-order valence-corrected chi connectivity index (χ1v) is 8.33. The number of rotatable bonds is 7. The highest BCUT2D eigenvalue weighted by molar-refractivity contribution is 5.96. The molecular weight excluding hydrogens is 319 g/mol. The summed E-state index contributed by atoms with van der Waals surface area (Å²) in [6.45, 7) is 4.03. The molecule has 0 aliphatic carbocycles. The summed E-state index contributed by atoms with van der Waals surface area (Å²) < 4.78 is 13.1. The zero-order valence-corrected chi connectivity index (χ0v) is 14.5. The summed E-state index contributed by atoms with van der Waals surface area (Å²) in [5, 5.41) is 5.47. The molecule has 0 heterocycles. The van der Waals surface area contributed by atoms with Gasteiger partial charge in [-0.15, -0.1) is 0 Å². The van der Waals surface area contributed by atoms with Crippen molar-refractivity contribution < 1.29 is 14.0 Å². The topological polar surface area (TPSA) is 58.2 Å². The van der Waals surface area contributed by atoms with Crippen LogP contribution in [0.15, 0.2) is 54.6 Å². The van der Waals surface area contributed by atoms with Crippen LogP contribution in [0.25, 0.3) is 0 Å². The average Bonchev–Trinajstić information content (AvgIpc) is 2.59. The van der Waals surface area contributed by atoms with E-state index in [0.29, 0.717) is 5.92 Å². The average molecular weight is 342 g/mol. The van der Waals surface area contributed by atoms with E-state index in [2.05, 4.69) is 24.5 Å². The lowest BCUT2D eigenvalue weighted by Gasteiger charge is -2.21. The van der Waals surface area contributed by atoms with Gasteiger partial charge in [0.05, 0.1) is 12.6 Å². The molecular formula is C20H23FN2O2. The van der Waals surface area contributed by atoms with Crippen molar-refractivity contribution in [3.63, 3.8) is 0 Å². The highest BCUT2D eigenvalue weighted by atomic mass is 19.1. The van der Waals surface area contributed by atoms with Gasteiger partial charge in [0.2, 0.25) is 5.91 Å². The number of hydrogen-bond acceptors (Lipinski definition) is 2. The molecule has 0 saturated heterocycles. The molecule has 2 aromatic carbocycles. The normalized spacial score (nSPS) is 11.8. The second-order valence-corrected chi connectivity index (χ2v) is 6.35. The third kappa shape index (κ3) is 6.03. The summed E-state index contributed by atoms with van der Waals surface area (Å²) in [5.74, 6) is -0.834. The third-order valence-electron chi connectivity index (χ3n) is 3.74. The van der Waals surface area contributed by atoms with Gasteiger partial charge in [-0.05, 0) is 36.1 Å². The molecule has 5 heteroatoms. The third-order valence-corrected chi connectivity index (χ3v) is 3.74. The summed E-state index contributed by atoms with van der Waals surface area (Å²) in [7, 11) is 0. The molecule has 2 aromatic rings. The molecule has 0 aromatic heterocycles. The fraction of sp³-hybridized carbons (Fsp3) is 0.300. The van der Waals surface area contributed by atoms with Gasteiger partial charge in [0.25, 0.3) is 5.91 Å². The first-order chi connectivity index (χ1) is 12.0. The lowest BCUT2D eigenvalue weighted by molar-refractivity contribution is -0.121. The zero-order valence-electron chi connectivity index (χ0n) is 14.5. The molecule has 2 N–H and O–H groups in total. The molecule has 132 valence electrons. The van der Waals surface area contributed by atoms with E-state index >= 15 is 0 Å². The Balaban J connectivity index is 1.93. The van der Waals surface area contributed by atoms with Gasteiger partial charge in [0, 0.05) is 5.56 Å². The largest absolute Gasteiger partial charge is 0.348 e. The van der Waals surface area contributed by atoms with Gasteiger partial charge in [-0.2, -0.15) is 0 Å². The molecule has 25 heavy (non-hydrogen) atoms. The van der Waals surface area contributed by atoms with Gasteiger partial charge < -0.3 is 10.6 Å². The minimum absolute atomic E-state index is 0.111. The molecule has 0 radical (unpaired) electrons. The molecule has 0 aliphatic rings. The molecule has 0 spiro atoms. The molecule has 0 bridgehead atoms. The molecule has 1 unspecified atom stereocenters. The number of nitrogens with one attached hydrogen (secondary N) is 2. The Labute approximate surface area is 147 Å². The monoisotopic (exact) mass is 342 g/mol. The fourth-order valence-electron chi connectivity index (χ4n) is 2.57. The van der Waals surface area contributed by atoms with Crippen LogP contribution in [0.3, 0.4) is 0 Å². The highest BCUT2D eigenvalue weighted by Crippen LogP contribution is 2.20. The summed E-state index contributed by atoms with van der Waals surface area (Å²) in [6, 6.07) is 15.0. The van der Waals surface area contributed by atoms with E-state index in [1.54, 1.807) is 0 Å². The lowest BCUT2D eigenvalue weighted by atomic mass is 9.97. The Morgan fingerprint density at radius 2 is 1.76 bits per heavy atom. The highest BCUT2D eigenvalue weighted by Gasteiger charge is 2.16. The molecule has 2 amide bonds. The number of amides is 2. The SMILES string of the molecule is CC(C)CC(NC(=O)CNC(=O)c1cccc(F)c1)c1ccccc1. The van der Waals surface area contributed by atoms with Gasteiger partial charge >= 0.3 is 0 Å². The number of halogens is 1. The molecule has 2 rings (SSSR count). The van der Waals surface area contributed by atoms with Gasteiger partial charge in [-0.3, -0.25) is 9.59 Å². The smallest absolute Gasteiger partial charge is 0.251 e. The van der Waals surface area contributed by atoms with Crippen molar-refractivity contribution in [2.75, 3.05) is 6.54 Å². The molecule has 0 aliphatic heterocycles. The van der Waals surface area contributed by atoms with Crippen molar-refractivity contribution in [2.45, 2.75) is 26.3 Å². The Morgan fingerprint density at radius 1 is 1.04 bits per heavy atom. The lowest BCUT2D eigenvalue weighted by Crippen LogP contribution is -2.39. The van der Waals surface area contributed by atoms with Crippen molar-refractivity contribution in [2.24, 2.45) is 5.92 Å². The quantitative estimate of drug-likeness (QED) is 0.809. The fourth-order valence-corrected chi connectivity index (χ4v) is 2.57. The van der Waals surface area contributed by atoms with Crippen LogP contribution in [-0.2, 0) is 4.79 Å². The first-order valence-electron chi connectivity index (χ1n) is 8.33. The van der Waals surface area contributed by atoms with Crippen LogP contribution in [0.2, 0.25) is 0 Å². The van der Waals surface area contributed by atoms with Gasteiger partial charge in [0.1, 0.15) is 5.82 Å². The summed E-state index contributed by atoms with van der Waals surface area (Å²) in [6.07, 6.45) is 0.799. The van der Waals surface area contributed by atoms with E-state index in [-0.39, 0.29) is 24.1 Å². The maximum absolute atomic E-state index is 13.1.